The number of H-pyrrole nitrogens is 1. The average Bonchev–Trinajstić information content (AvgIpc) is 3.03. The fourth-order valence-corrected chi connectivity index (χ4v) is 2.78. The fourth-order valence-electron chi connectivity index (χ4n) is 2.78. The predicted octanol–water partition coefficient (Wildman–Crippen LogP) is 2.89. The van der Waals surface area contributed by atoms with Crippen LogP contribution in [0.15, 0.2) is 47.5 Å². The molecule has 2 aromatic carbocycles. The number of aromatic nitrogens is 1. The highest BCUT2D eigenvalue weighted by atomic mass is 16.4. The summed E-state index contributed by atoms with van der Waals surface area (Å²) in [5, 5.41) is 19.9. The van der Waals surface area contributed by atoms with Crippen molar-refractivity contribution in [1.29, 1.82) is 0 Å². The third kappa shape index (κ3) is 1.85. The number of ketones is 1. The highest BCUT2D eigenvalue weighted by molar-refractivity contribution is 6.56. The second kappa shape index (κ2) is 4.54. The number of hydrogen-bond acceptors (Lipinski definition) is 4. The molecule has 6 heteroatoms. The zero-order valence-electron chi connectivity index (χ0n) is 11.7. The number of aromatic amines is 1. The number of benzene rings is 2. The Morgan fingerprint density at radius 3 is 2.70 bits per heavy atom. The average molecular weight is 306 g/mol. The van der Waals surface area contributed by atoms with Gasteiger partial charge < -0.3 is 15.2 Å². The molecule has 0 amide bonds. The highest BCUT2D eigenvalue weighted by Gasteiger charge is 2.30. The number of rotatable bonds is 2. The molecule has 112 valence electrons. The van der Waals surface area contributed by atoms with E-state index in [4.69, 9.17) is 5.11 Å². The molecular weight excluding hydrogens is 296 g/mol. The minimum atomic E-state index is -1.11. The number of carbonyl (C=O) groups is 2. The molecule has 0 bridgehead atoms. The first-order valence-corrected chi connectivity index (χ1v) is 6.87. The molecule has 6 nitrogen and oxygen atoms in total. The second-order valence-electron chi connectivity index (χ2n) is 5.22. The Hall–Kier alpha value is -3.41. The number of aromatic carboxylic acids is 1. The van der Waals surface area contributed by atoms with E-state index < -0.39 is 11.8 Å². The number of aliphatic imine (C=N–C) groups is 1. The van der Waals surface area contributed by atoms with Crippen LogP contribution in [-0.4, -0.2) is 32.7 Å². The van der Waals surface area contributed by atoms with E-state index >= 15 is 0 Å². The van der Waals surface area contributed by atoms with Crippen molar-refractivity contribution in [2.75, 3.05) is 0 Å². The molecule has 0 saturated carbocycles. The van der Waals surface area contributed by atoms with Crippen LogP contribution in [0.5, 0.6) is 5.88 Å². The summed E-state index contributed by atoms with van der Waals surface area (Å²) in [6.07, 6.45) is 0. The van der Waals surface area contributed by atoms with Crippen LogP contribution in [0.4, 0.5) is 5.69 Å². The number of aromatic hydroxyl groups is 1. The smallest absolute Gasteiger partial charge is 0.335 e. The van der Waals surface area contributed by atoms with Gasteiger partial charge in [0.1, 0.15) is 5.71 Å². The number of Topliss-reactive ketones (excluding diaryl/α,β-unsaturated/α-hetero) is 1. The molecule has 4 rings (SSSR count). The molecule has 0 saturated heterocycles. The van der Waals surface area contributed by atoms with Gasteiger partial charge in [0.2, 0.25) is 5.78 Å². The van der Waals surface area contributed by atoms with Crippen LogP contribution in [0.2, 0.25) is 0 Å². The van der Waals surface area contributed by atoms with Gasteiger partial charge in [0.05, 0.1) is 22.4 Å². The summed E-state index contributed by atoms with van der Waals surface area (Å²) in [6, 6.07) is 11.4. The largest absolute Gasteiger partial charge is 0.494 e. The highest BCUT2D eigenvalue weighted by Crippen LogP contribution is 2.35. The Balaban J connectivity index is 1.90. The molecular formula is C17H10N2O4. The summed E-state index contributed by atoms with van der Waals surface area (Å²) < 4.78 is 0. The molecule has 1 aromatic heterocycles. The van der Waals surface area contributed by atoms with Crippen molar-refractivity contribution < 1.29 is 19.8 Å². The Bertz CT molecular complexity index is 1030. The van der Waals surface area contributed by atoms with E-state index in [1.54, 1.807) is 18.2 Å². The second-order valence-corrected chi connectivity index (χ2v) is 5.22. The van der Waals surface area contributed by atoms with E-state index in [1.807, 2.05) is 6.07 Å². The van der Waals surface area contributed by atoms with Crippen LogP contribution in [0.1, 0.15) is 26.3 Å². The lowest BCUT2D eigenvalue weighted by Crippen LogP contribution is -2.11. The van der Waals surface area contributed by atoms with Gasteiger partial charge >= 0.3 is 5.97 Å². The number of carboxylic acid groups (broad SMARTS) is 1. The number of nitrogens with one attached hydrogen (secondary N) is 1. The van der Waals surface area contributed by atoms with Crippen LogP contribution < -0.4 is 0 Å². The first-order chi connectivity index (χ1) is 11.1. The lowest BCUT2D eigenvalue weighted by atomic mass is 10.0. The first-order valence-electron chi connectivity index (χ1n) is 6.87. The number of para-hydroxylation sites is 1. The van der Waals surface area contributed by atoms with Crippen LogP contribution in [0.3, 0.4) is 0 Å². The third-order valence-electron chi connectivity index (χ3n) is 3.86. The quantitative estimate of drug-likeness (QED) is 0.677. The molecule has 1 aliphatic heterocycles. The van der Waals surface area contributed by atoms with Gasteiger partial charge in [0.15, 0.2) is 5.88 Å². The lowest BCUT2D eigenvalue weighted by molar-refractivity contribution is 0.0697. The Kier molecular flexibility index (Phi) is 2.62. The lowest BCUT2D eigenvalue weighted by Gasteiger charge is -1.99. The predicted molar refractivity (Wildman–Crippen MR) is 83.9 cm³/mol. The summed E-state index contributed by atoms with van der Waals surface area (Å²) in [4.78, 5) is 30.8. The molecule has 3 N–H and O–H groups in total. The summed E-state index contributed by atoms with van der Waals surface area (Å²) in [7, 11) is 0. The first kappa shape index (κ1) is 13.3. The number of fused-ring (bicyclic) bond motifs is 2. The van der Waals surface area contributed by atoms with E-state index in [0.29, 0.717) is 22.2 Å². The SMILES string of the molecule is O=C(O)c1ccc2c(c1)C(=O)C(c1c(O)[nH]c3ccccc13)=N2. The van der Waals surface area contributed by atoms with Gasteiger partial charge in [0, 0.05) is 10.9 Å². The Morgan fingerprint density at radius 1 is 1.13 bits per heavy atom. The standard InChI is InChI=1S/C17H10N2O4/c20-15-10-7-8(17(22)23)5-6-12(10)18-14(15)13-9-3-1-2-4-11(9)19-16(13)21/h1-7,19,21H,(H,22,23). The molecule has 2 heterocycles. The van der Waals surface area contributed by atoms with Gasteiger partial charge in [-0.25, -0.2) is 9.79 Å². The molecule has 3 aromatic rings. The summed E-state index contributed by atoms with van der Waals surface area (Å²) in [5.74, 6) is -1.64. The maximum absolute atomic E-state index is 12.6. The molecule has 0 spiro atoms. The van der Waals surface area contributed by atoms with E-state index in [9.17, 15) is 14.7 Å². The molecule has 0 radical (unpaired) electrons. The topological polar surface area (TPSA) is 103 Å². The van der Waals surface area contributed by atoms with Crippen molar-refractivity contribution in [3.8, 4) is 5.88 Å². The van der Waals surface area contributed by atoms with Crippen LogP contribution in [0.25, 0.3) is 10.9 Å². The van der Waals surface area contributed by atoms with E-state index in [1.165, 1.54) is 18.2 Å². The van der Waals surface area contributed by atoms with Crippen molar-refractivity contribution in [2.24, 2.45) is 4.99 Å². The minimum Gasteiger partial charge on any atom is -0.494 e. The summed E-state index contributed by atoms with van der Waals surface area (Å²) in [6.45, 7) is 0. The van der Waals surface area contributed by atoms with Gasteiger partial charge in [-0.05, 0) is 24.3 Å². The molecule has 1 aliphatic rings. The van der Waals surface area contributed by atoms with Crippen LogP contribution in [0, 0.1) is 0 Å². The Labute approximate surface area is 129 Å². The zero-order chi connectivity index (χ0) is 16.1. The number of carbonyl (C=O) groups excluding carboxylic acids is 1. The zero-order valence-corrected chi connectivity index (χ0v) is 11.7. The van der Waals surface area contributed by atoms with E-state index in [-0.39, 0.29) is 22.7 Å². The van der Waals surface area contributed by atoms with Crippen molar-refractivity contribution in [2.45, 2.75) is 0 Å². The fraction of sp³-hybridized carbons (Fsp3) is 0. The molecule has 0 unspecified atom stereocenters. The van der Waals surface area contributed by atoms with Gasteiger partial charge in [-0.3, -0.25) is 4.79 Å². The van der Waals surface area contributed by atoms with Gasteiger partial charge in [-0.2, -0.15) is 0 Å². The summed E-state index contributed by atoms with van der Waals surface area (Å²) >= 11 is 0. The van der Waals surface area contributed by atoms with E-state index in [2.05, 4.69) is 9.98 Å². The molecule has 0 atom stereocenters. The molecule has 0 aliphatic carbocycles. The van der Waals surface area contributed by atoms with Crippen LogP contribution >= 0.6 is 0 Å². The van der Waals surface area contributed by atoms with Crippen molar-refractivity contribution in [1.82, 2.24) is 4.98 Å². The van der Waals surface area contributed by atoms with Gasteiger partial charge in [0.25, 0.3) is 0 Å². The van der Waals surface area contributed by atoms with Crippen molar-refractivity contribution in [3.63, 3.8) is 0 Å². The van der Waals surface area contributed by atoms with Crippen molar-refractivity contribution >= 4 is 34.1 Å². The summed E-state index contributed by atoms with van der Waals surface area (Å²) in [5.41, 5.74) is 1.79. The number of carboxylic acids is 1. The van der Waals surface area contributed by atoms with Gasteiger partial charge in [-0.1, -0.05) is 18.2 Å². The normalized spacial score (nSPS) is 13.2. The van der Waals surface area contributed by atoms with Gasteiger partial charge in [-0.15, -0.1) is 0 Å². The number of nitrogens with zero attached hydrogens (tertiary/aromatic N) is 1. The monoisotopic (exact) mass is 306 g/mol. The number of hydrogen-bond donors (Lipinski definition) is 3. The van der Waals surface area contributed by atoms with Crippen molar-refractivity contribution in [3.05, 3.63) is 59.2 Å². The Morgan fingerprint density at radius 2 is 1.91 bits per heavy atom. The molecule has 0 fully saturated rings. The van der Waals surface area contributed by atoms with Crippen LogP contribution in [-0.2, 0) is 0 Å². The third-order valence-corrected chi connectivity index (χ3v) is 3.86. The van der Waals surface area contributed by atoms with E-state index in [0.717, 1.165) is 0 Å². The maximum atomic E-state index is 12.6. The maximum Gasteiger partial charge on any atom is 0.335 e. The molecule has 23 heavy (non-hydrogen) atoms. The minimum absolute atomic E-state index is 0.0247.